The van der Waals surface area contributed by atoms with Gasteiger partial charge in [0, 0.05) is 18.2 Å². The summed E-state index contributed by atoms with van der Waals surface area (Å²) in [6, 6.07) is 12.0. The van der Waals surface area contributed by atoms with Crippen LogP contribution in [0, 0.1) is 0 Å². The number of hydrogen-bond donors (Lipinski definition) is 2. The molecule has 10 nitrogen and oxygen atoms in total. The number of anilines is 1. The van der Waals surface area contributed by atoms with Crippen LogP contribution in [0.15, 0.2) is 56.9 Å². The zero-order valence-corrected chi connectivity index (χ0v) is 14.2. The summed E-state index contributed by atoms with van der Waals surface area (Å²) < 4.78 is 5.94. The van der Waals surface area contributed by atoms with Crippen LogP contribution in [-0.4, -0.2) is 32.1 Å². The van der Waals surface area contributed by atoms with Crippen molar-refractivity contribution in [1.82, 2.24) is 14.7 Å². The Morgan fingerprint density at radius 1 is 1.33 bits per heavy atom. The maximum atomic E-state index is 11.5. The predicted octanol–water partition coefficient (Wildman–Crippen LogP) is 2.08. The number of benzene rings is 1. The van der Waals surface area contributed by atoms with Gasteiger partial charge in [0.25, 0.3) is 0 Å². The Hall–Kier alpha value is -3.95. The lowest BCUT2D eigenvalue weighted by Crippen LogP contribution is -2.10. The number of rotatable bonds is 6. The van der Waals surface area contributed by atoms with E-state index in [9.17, 15) is 9.59 Å². The highest BCUT2D eigenvalue weighted by atomic mass is 16.6. The SMILES string of the molecule is Cn1c(-c2ccccc2/C=N\OCc2cccc(NC(=O)O)n2)noc1=O. The highest BCUT2D eigenvalue weighted by molar-refractivity contribution is 5.88. The smallest absolute Gasteiger partial charge is 0.441 e. The van der Waals surface area contributed by atoms with E-state index in [1.54, 1.807) is 37.4 Å². The van der Waals surface area contributed by atoms with Crippen molar-refractivity contribution in [3.63, 3.8) is 0 Å². The van der Waals surface area contributed by atoms with Gasteiger partial charge < -0.3 is 9.94 Å². The van der Waals surface area contributed by atoms with Crippen molar-refractivity contribution in [3.8, 4) is 11.4 Å². The van der Waals surface area contributed by atoms with Gasteiger partial charge in [0.1, 0.15) is 5.82 Å². The van der Waals surface area contributed by atoms with Gasteiger partial charge in [-0.05, 0) is 12.1 Å². The summed E-state index contributed by atoms with van der Waals surface area (Å²) in [4.78, 5) is 31.4. The predicted molar refractivity (Wildman–Crippen MR) is 95.4 cm³/mol. The van der Waals surface area contributed by atoms with Crippen LogP contribution < -0.4 is 11.1 Å². The molecule has 27 heavy (non-hydrogen) atoms. The molecule has 0 saturated heterocycles. The first-order valence-corrected chi connectivity index (χ1v) is 7.78. The first kappa shape index (κ1) is 17.9. The second-order valence-electron chi connectivity index (χ2n) is 5.37. The largest absolute Gasteiger partial charge is 0.465 e. The molecular formula is C17H15N5O5. The van der Waals surface area contributed by atoms with Crippen molar-refractivity contribution in [2.75, 3.05) is 5.32 Å². The van der Waals surface area contributed by atoms with E-state index in [1.165, 1.54) is 16.8 Å². The summed E-state index contributed by atoms with van der Waals surface area (Å²) in [5, 5.41) is 18.5. The first-order chi connectivity index (χ1) is 13.0. The number of nitrogens with zero attached hydrogens (tertiary/aromatic N) is 4. The summed E-state index contributed by atoms with van der Waals surface area (Å²) in [5.41, 5.74) is 1.84. The molecule has 0 aliphatic heterocycles. The molecule has 0 unspecified atom stereocenters. The number of pyridine rings is 1. The molecule has 1 amide bonds. The molecule has 10 heteroatoms. The van der Waals surface area contributed by atoms with Gasteiger partial charge in [-0.3, -0.25) is 14.4 Å². The molecule has 0 spiro atoms. The molecule has 3 rings (SSSR count). The molecule has 0 atom stereocenters. The molecule has 3 aromatic rings. The molecule has 0 fully saturated rings. The van der Waals surface area contributed by atoms with Crippen LogP contribution in [0.1, 0.15) is 11.3 Å². The summed E-state index contributed by atoms with van der Waals surface area (Å²) >= 11 is 0. The van der Waals surface area contributed by atoms with Gasteiger partial charge in [0.2, 0.25) is 0 Å². The van der Waals surface area contributed by atoms with Gasteiger partial charge in [-0.2, -0.15) is 0 Å². The van der Waals surface area contributed by atoms with Crippen LogP contribution in [0.25, 0.3) is 11.4 Å². The number of oxime groups is 1. The number of hydrogen-bond acceptors (Lipinski definition) is 7. The molecule has 0 bridgehead atoms. The Balaban J connectivity index is 1.70. The summed E-state index contributed by atoms with van der Waals surface area (Å²) in [7, 11) is 1.56. The lowest BCUT2D eigenvalue weighted by atomic mass is 10.1. The highest BCUT2D eigenvalue weighted by Gasteiger charge is 2.12. The lowest BCUT2D eigenvalue weighted by Gasteiger charge is -2.04. The monoisotopic (exact) mass is 369 g/mol. The van der Waals surface area contributed by atoms with Crippen molar-refractivity contribution >= 4 is 18.1 Å². The van der Waals surface area contributed by atoms with Gasteiger partial charge >= 0.3 is 11.8 Å². The molecule has 2 heterocycles. The molecule has 1 aromatic carbocycles. The van der Waals surface area contributed by atoms with Crippen LogP contribution in [0.3, 0.4) is 0 Å². The van der Waals surface area contributed by atoms with Crippen molar-refractivity contribution in [3.05, 3.63) is 64.3 Å². The zero-order chi connectivity index (χ0) is 19.2. The Bertz CT molecular complexity index is 1040. The van der Waals surface area contributed by atoms with Crippen LogP contribution >= 0.6 is 0 Å². The summed E-state index contributed by atoms with van der Waals surface area (Å²) in [6.07, 6.45) is 0.283. The van der Waals surface area contributed by atoms with E-state index in [4.69, 9.17) is 9.94 Å². The highest BCUT2D eigenvalue weighted by Crippen LogP contribution is 2.19. The number of aromatic nitrogens is 3. The molecular weight excluding hydrogens is 354 g/mol. The molecule has 2 aromatic heterocycles. The minimum atomic E-state index is -1.20. The van der Waals surface area contributed by atoms with E-state index in [-0.39, 0.29) is 12.4 Å². The van der Waals surface area contributed by atoms with E-state index in [1.807, 2.05) is 6.07 Å². The molecule has 0 radical (unpaired) electrons. The minimum Gasteiger partial charge on any atom is -0.465 e. The Morgan fingerprint density at radius 3 is 2.89 bits per heavy atom. The topological polar surface area (TPSA) is 132 Å². The molecule has 2 N–H and O–H groups in total. The zero-order valence-electron chi connectivity index (χ0n) is 14.2. The van der Waals surface area contributed by atoms with E-state index in [0.29, 0.717) is 22.6 Å². The first-order valence-electron chi connectivity index (χ1n) is 7.78. The third-order valence-corrected chi connectivity index (χ3v) is 3.52. The van der Waals surface area contributed by atoms with E-state index in [0.717, 1.165) is 0 Å². The fourth-order valence-electron chi connectivity index (χ4n) is 2.27. The van der Waals surface area contributed by atoms with Crippen LogP contribution in [0.5, 0.6) is 0 Å². The average molecular weight is 369 g/mol. The van der Waals surface area contributed by atoms with Gasteiger partial charge in [0.15, 0.2) is 12.4 Å². The number of carbonyl (C=O) groups is 1. The van der Waals surface area contributed by atoms with E-state index < -0.39 is 11.8 Å². The Morgan fingerprint density at radius 2 is 2.15 bits per heavy atom. The number of nitrogens with one attached hydrogen (secondary N) is 1. The van der Waals surface area contributed by atoms with Crippen LogP contribution in [0.2, 0.25) is 0 Å². The second kappa shape index (κ2) is 7.95. The lowest BCUT2D eigenvalue weighted by molar-refractivity contribution is 0.129. The van der Waals surface area contributed by atoms with Gasteiger partial charge in [0.05, 0.1) is 11.9 Å². The molecule has 0 aliphatic carbocycles. The van der Waals surface area contributed by atoms with Crippen molar-refractivity contribution in [1.29, 1.82) is 0 Å². The maximum absolute atomic E-state index is 11.5. The second-order valence-corrected chi connectivity index (χ2v) is 5.37. The average Bonchev–Trinajstić information content (AvgIpc) is 2.98. The maximum Gasteiger partial charge on any atom is 0.441 e. The van der Waals surface area contributed by atoms with Crippen LogP contribution in [0.4, 0.5) is 10.6 Å². The fourth-order valence-corrected chi connectivity index (χ4v) is 2.27. The third-order valence-electron chi connectivity index (χ3n) is 3.52. The van der Waals surface area contributed by atoms with E-state index >= 15 is 0 Å². The summed E-state index contributed by atoms with van der Waals surface area (Å²) in [6.45, 7) is 0.0518. The molecule has 0 aliphatic rings. The van der Waals surface area contributed by atoms with Gasteiger partial charge in [-0.1, -0.05) is 40.6 Å². The standard InChI is InChI=1S/C17H15N5O5/c1-22-15(21-27-17(22)25)13-7-3-2-5-11(13)9-18-26-10-12-6-4-8-14(19-12)20-16(23)24/h2-9H,10H2,1H3,(H,19,20)(H,23,24)/b18-9-. The third kappa shape index (κ3) is 4.37. The molecule has 138 valence electrons. The normalized spacial score (nSPS) is 10.9. The Kier molecular flexibility index (Phi) is 5.26. The number of carboxylic acid groups (broad SMARTS) is 1. The van der Waals surface area contributed by atoms with Crippen LogP contribution in [-0.2, 0) is 18.5 Å². The van der Waals surface area contributed by atoms with Crippen molar-refractivity contribution in [2.24, 2.45) is 12.2 Å². The Labute approximate surface area is 152 Å². The van der Waals surface area contributed by atoms with Crippen molar-refractivity contribution < 1.29 is 19.3 Å². The van der Waals surface area contributed by atoms with Gasteiger partial charge in [-0.25, -0.2) is 14.6 Å². The quantitative estimate of drug-likeness (QED) is 0.502. The molecule has 0 saturated carbocycles. The summed E-state index contributed by atoms with van der Waals surface area (Å²) in [5.74, 6) is 0.00922. The van der Waals surface area contributed by atoms with Crippen molar-refractivity contribution in [2.45, 2.75) is 6.61 Å². The van der Waals surface area contributed by atoms with Gasteiger partial charge in [-0.15, -0.1) is 0 Å². The number of amides is 1. The minimum absolute atomic E-state index is 0.0518. The fraction of sp³-hybridized carbons (Fsp3) is 0.118. The van der Waals surface area contributed by atoms with E-state index in [2.05, 4.69) is 25.1 Å².